The Morgan fingerprint density at radius 2 is 2.05 bits per heavy atom. The summed E-state index contributed by atoms with van der Waals surface area (Å²) in [6.45, 7) is 0. The van der Waals surface area contributed by atoms with Crippen LogP contribution in [0.2, 0.25) is 0 Å². The lowest BCUT2D eigenvalue weighted by Crippen LogP contribution is -2.34. The van der Waals surface area contributed by atoms with Crippen molar-refractivity contribution in [2.45, 2.75) is 12.8 Å². The highest BCUT2D eigenvalue weighted by Crippen LogP contribution is 2.20. The Morgan fingerprint density at radius 3 is 2.67 bits per heavy atom. The lowest BCUT2D eigenvalue weighted by Gasteiger charge is -2.19. The molecule has 0 atom stereocenters. The Hall–Kier alpha value is -2.22. The number of nitrogens with one attached hydrogen (secondary N) is 1. The van der Waals surface area contributed by atoms with E-state index in [0.717, 1.165) is 5.01 Å². The standard InChI is InChI=1S/C13H12BrN3O4/c1-17-11(18)3-2-10(16-17)12(19)15-9-5-7(13(20)21)4-8(14)6-9/h4-6H,2-3H2,1H3,(H,15,19)(H,20,21). The molecule has 1 aromatic carbocycles. The van der Waals surface area contributed by atoms with Crippen LogP contribution in [-0.4, -0.2) is 40.7 Å². The molecule has 1 aromatic rings. The van der Waals surface area contributed by atoms with Gasteiger partial charge in [-0.15, -0.1) is 0 Å². The monoisotopic (exact) mass is 353 g/mol. The smallest absolute Gasteiger partial charge is 0.335 e. The van der Waals surface area contributed by atoms with Crippen molar-refractivity contribution in [2.24, 2.45) is 5.10 Å². The second-order valence-electron chi connectivity index (χ2n) is 4.45. The van der Waals surface area contributed by atoms with Crippen molar-refractivity contribution < 1.29 is 19.5 Å². The molecule has 7 nitrogen and oxygen atoms in total. The second kappa shape index (κ2) is 6.04. The molecule has 0 bridgehead atoms. The summed E-state index contributed by atoms with van der Waals surface area (Å²) in [6, 6.07) is 4.37. The minimum atomic E-state index is -1.09. The first kappa shape index (κ1) is 15.2. The van der Waals surface area contributed by atoms with Gasteiger partial charge in [0, 0.05) is 30.0 Å². The van der Waals surface area contributed by atoms with Crippen LogP contribution >= 0.6 is 15.9 Å². The van der Waals surface area contributed by atoms with Crippen molar-refractivity contribution >= 4 is 45.1 Å². The van der Waals surface area contributed by atoms with Gasteiger partial charge in [-0.2, -0.15) is 5.10 Å². The molecule has 2 rings (SSSR count). The summed E-state index contributed by atoms with van der Waals surface area (Å²) in [5, 5.41) is 16.6. The highest BCUT2D eigenvalue weighted by Gasteiger charge is 2.22. The number of aromatic carboxylic acids is 1. The fourth-order valence-electron chi connectivity index (χ4n) is 1.82. The predicted molar refractivity (Wildman–Crippen MR) is 79.2 cm³/mol. The molecular formula is C13H12BrN3O4. The highest BCUT2D eigenvalue weighted by atomic mass is 79.9. The lowest BCUT2D eigenvalue weighted by atomic mass is 10.1. The molecule has 1 heterocycles. The number of hydrogen-bond acceptors (Lipinski definition) is 4. The average Bonchev–Trinajstić information content (AvgIpc) is 2.41. The predicted octanol–water partition coefficient (Wildman–Crippen LogP) is 1.69. The number of anilines is 1. The van der Waals surface area contributed by atoms with Crippen molar-refractivity contribution in [1.29, 1.82) is 0 Å². The first-order valence-corrected chi connectivity index (χ1v) is 6.85. The van der Waals surface area contributed by atoms with Crippen molar-refractivity contribution in [3.05, 3.63) is 28.2 Å². The van der Waals surface area contributed by atoms with Gasteiger partial charge in [-0.25, -0.2) is 9.80 Å². The van der Waals surface area contributed by atoms with E-state index in [1.165, 1.54) is 19.2 Å². The molecule has 1 aliphatic rings. The van der Waals surface area contributed by atoms with Gasteiger partial charge in [0.1, 0.15) is 5.71 Å². The number of carboxylic acids is 1. The second-order valence-corrected chi connectivity index (χ2v) is 5.37. The van der Waals surface area contributed by atoms with Gasteiger partial charge in [0.15, 0.2) is 0 Å². The van der Waals surface area contributed by atoms with Crippen LogP contribution in [0.15, 0.2) is 27.8 Å². The van der Waals surface area contributed by atoms with Crippen LogP contribution in [0.5, 0.6) is 0 Å². The minimum absolute atomic E-state index is 0.0533. The summed E-state index contributed by atoms with van der Waals surface area (Å²) in [6.07, 6.45) is 0.483. The van der Waals surface area contributed by atoms with Gasteiger partial charge in [-0.05, 0) is 18.2 Å². The molecule has 0 saturated heterocycles. The number of nitrogens with zero attached hydrogens (tertiary/aromatic N) is 2. The maximum absolute atomic E-state index is 12.1. The van der Waals surface area contributed by atoms with Crippen LogP contribution < -0.4 is 5.32 Å². The molecule has 1 aliphatic heterocycles. The molecule has 8 heteroatoms. The van der Waals surface area contributed by atoms with Gasteiger partial charge in [-0.1, -0.05) is 15.9 Å². The summed E-state index contributed by atoms with van der Waals surface area (Å²) in [5.41, 5.74) is 0.625. The van der Waals surface area contributed by atoms with E-state index >= 15 is 0 Å². The van der Waals surface area contributed by atoms with Crippen LogP contribution in [-0.2, 0) is 9.59 Å². The zero-order valence-corrected chi connectivity index (χ0v) is 12.7. The van der Waals surface area contributed by atoms with E-state index in [-0.39, 0.29) is 30.0 Å². The molecule has 2 N–H and O–H groups in total. The third-order valence-electron chi connectivity index (χ3n) is 2.87. The fraction of sp³-hybridized carbons (Fsp3) is 0.231. The average molecular weight is 354 g/mol. The van der Waals surface area contributed by atoms with E-state index in [4.69, 9.17) is 5.11 Å². The molecule has 0 aliphatic carbocycles. The van der Waals surface area contributed by atoms with Gasteiger partial charge < -0.3 is 10.4 Å². The Kier molecular flexibility index (Phi) is 4.37. The van der Waals surface area contributed by atoms with Crippen LogP contribution in [0.1, 0.15) is 23.2 Å². The van der Waals surface area contributed by atoms with E-state index in [0.29, 0.717) is 10.2 Å². The van der Waals surface area contributed by atoms with Crippen molar-refractivity contribution in [1.82, 2.24) is 5.01 Å². The first-order valence-electron chi connectivity index (χ1n) is 6.06. The van der Waals surface area contributed by atoms with E-state index in [1.807, 2.05) is 0 Å². The number of hydrogen-bond donors (Lipinski definition) is 2. The summed E-state index contributed by atoms with van der Waals surface area (Å²) >= 11 is 3.19. The molecule has 0 spiro atoms. The Labute approximate surface area is 128 Å². The van der Waals surface area contributed by atoms with Crippen LogP contribution in [0.3, 0.4) is 0 Å². The molecule has 2 amide bonds. The number of carboxylic acid groups (broad SMARTS) is 1. The number of halogens is 1. The van der Waals surface area contributed by atoms with E-state index in [2.05, 4.69) is 26.3 Å². The number of rotatable bonds is 3. The van der Waals surface area contributed by atoms with E-state index in [9.17, 15) is 14.4 Å². The first-order chi connectivity index (χ1) is 9.86. The number of carbonyl (C=O) groups excluding carboxylic acids is 2. The Bertz CT molecular complexity index is 657. The quantitative estimate of drug-likeness (QED) is 0.863. The molecule has 21 heavy (non-hydrogen) atoms. The van der Waals surface area contributed by atoms with Crippen LogP contribution in [0.4, 0.5) is 5.69 Å². The fourth-order valence-corrected chi connectivity index (χ4v) is 2.31. The van der Waals surface area contributed by atoms with Crippen molar-refractivity contribution in [2.75, 3.05) is 12.4 Å². The van der Waals surface area contributed by atoms with Crippen molar-refractivity contribution in [3.63, 3.8) is 0 Å². The maximum atomic E-state index is 12.1. The largest absolute Gasteiger partial charge is 0.478 e. The van der Waals surface area contributed by atoms with Gasteiger partial charge in [-0.3, -0.25) is 9.59 Å². The molecule has 0 unspecified atom stereocenters. The Morgan fingerprint density at radius 1 is 1.33 bits per heavy atom. The summed E-state index contributed by atoms with van der Waals surface area (Å²) in [4.78, 5) is 34.3. The molecule has 0 radical (unpaired) electrons. The highest BCUT2D eigenvalue weighted by molar-refractivity contribution is 9.10. The summed E-state index contributed by atoms with van der Waals surface area (Å²) in [5.74, 6) is -1.70. The normalized spacial score (nSPS) is 14.7. The molecule has 0 aromatic heterocycles. The summed E-state index contributed by atoms with van der Waals surface area (Å²) in [7, 11) is 1.48. The topological polar surface area (TPSA) is 99.1 Å². The maximum Gasteiger partial charge on any atom is 0.335 e. The molecule has 0 fully saturated rings. The minimum Gasteiger partial charge on any atom is -0.478 e. The van der Waals surface area contributed by atoms with Gasteiger partial charge in [0.25, 0.3) is 5.91 Å². The SMILES string of the molecule is CN1N=C(C(=O)Nc2cc(Br)cc(C(=O)O)c2)CCC1=O. The van der Waals surface area contributed by atoms with Crippen LogP contribution in [0, 0.1) is 0 Å². The van der Waals surface area contributed by atoms with Gasteiger partial charge >= 0.3 is 5.97 Å². The molecular weight excluding hydrogens is 342 g/mol. The van der Waals surface area contributed by atoms with E-state index in [1.54, 1.807) is 6.07 Å². The van der Waals surface area contributed by atoms with Crippen LogP contribution in [0.25, 0.3) is 0 Å². The zero-order chi connectivity index (χ0) is 15.6. The van der Waals surface area contributed by atoms with Crippen molar-refractivity contribution in [3.8, 4) is 0 Å². The zero-order valence-electron chi connectivity index (χ0n) is 11.1. The number of benzene rings is 1. The van der Waals surface area contributed by atoms with E-state index < -0.39 is 11.9 Å². The third-order valence-corrected chi connectivity index (χ3v) is 3.33. The molecule has 110 valence electrons. The summed E-state index contributed by atoms with van der Waals surface area (Å²) < 4.78 is 0.538. The van der Waals surface area contributed by atoms with Gasteiger partial charge in [0.05, 0.1) is 5.56 Å². The Balaban J connectivity index is 2.18. The van der Waals surface area contributed by atoms with Gasteiger partial charge in [0.2, 0.25) is 5.91 Å². The third kappa shape index (κ3) is 3.66. The number of amides is 2. The lowest BCUT2D eigenvalue weighted by molar-refractivity contribution is -0.130. The molecule has 0 saturated carbocycles. The number of hydrazone groups is 1. The number of carbonyl (C=O) groups is 3.